The number of ether oxygens (including phenoxy) is 1. The molecular formula is C25H14Br2O. The van der Waals surface area contributed by atoms with E-state index >= 15 is 0 Å². The molecule has 3 heteroatoms. The van der Waals surface area contributed by atoms with Crippen LogP contribution >= 0.6 is 31.9 Å². The molecule has 0 radical (unpaired) electrons. The van der Waals surface area contributed by atoms with E-state index in [0.29, 0.717) is 5.75 Å². The molecule has 2 aromatic rings. The van der Waals surface area contributed by atoms with Crippen molar-refractivity contribution in [2.75, 3.05) is 0 Å². The van der Waals surface area contributed by atoms with Crippen molar-refractivity contribution in [3.8, 4) is 76.8 Å². The molecule has 0 aliphatic rings. The lowest BCUT2D eigenvalue weighted by atomic mass is 9.95. The lowest BCUT2D eigenvalue weighted by Gasteiger charge is -2.13. The van der Waals surface area contributed by atoms with Crippen molar-refractivity contribution in [1.29, 1.82) is 0 Å². The van der Waals surface area contributed by atoms with Gasteiger partial charge in [0, 0.05) is 34.3 Å². The molecule has 0 unspecified atom stereocenters. The second-order valence-electron chi connectivity index (χ2n) is 5.45. The van der Waals surface area contributed by atoms with Gasteiger partial charge in [-0.05, 0) is 76.6 Å². The Balaban J connectivity index is 2.20. The van der Waals surface area contributed by atoms with Crippen LogP contribution in [0.1, 0.15) is 16.7 Å². The second-order valence-corrected chi connectivity index (χ2v) is 6.58. The number of alkyl halides is 2. The van der Waals surface area contributed by atoms with E-state index in [1.807, 2.05) is 18.2 Å². The summed E-state index contributed by atoms with van der Waals surface area (Å²) in [4.78, 5) is 0. The molecule has 0 bridgehead atoms. The van der Waals surface area contributed by atoms with Gasteiger partial charge in [0.25, 0.3) is 0 Å². The molecule has 0 atom stereocenters. The molecular weight excluding hydrogens is 476 g/mol. The van der Waals surface area contributed by atoms with Crippen LogP contribution in [-0.2, 0) is 10.7 Å². The summed E-state index contributed by atoms with van der Waals surface area (Å²) in [7, 11) is 0. The molecule has 0 aliphatic carbocycles. The highest BCUT2D eigenvalue weighted by atomic mass is 79.9. The molecule has 0 spiro atoms. The number of aryl methyl sites for hydroxylation is 1. The maximum Gasteiger partial charge on any atom is 0.140 e. The number of benzene rings is 2. The second kappa shape index (κ2) is 11.7. The van der Waals surface area contributed by atoms with Crippen LogP contribution in [0.25, 0.3) is 11.1 Å². The van der Waals surface area contributed by atoms with Crippen molar-refractivity contribution in [3.63, 3.8) is 0 Å². The fourth-order valence-corrected chi connectivity index (χ4v) is 3.43. The number of halogens is 2. The molecule has 0 saturated carbocycles. The Morgan fingerprint density at radius 2 is 1.54 bits per heavy atom. The van der Waals surface area contributed by atoms with Gasteiger partial charge in [0.15, 0.2) is 0 Å². The van der Waals surface area contributed by atoms with Gasteiger partial charge in [-0.3, -0.25) is 0 Å². The summed E-state index contributed by atoms with van der Waals surface area (Å²) < 4.78 is 5.48. The normalized spacial score (nSPS) is 8.36. The zero-order chi connectivity index (χ0) is 20.2. The van der Waals surface area contributed by atoms with Gasteiger partial charge in [-0.15, -0.1) is 6.42 Å². The van der Waals surface area contributed by atoms with E-state index in [1.165, 1.54) is 22.3 Å². The van der Waals surface area contributed by atoms with Gasteiger partial charge in [0.2, 0.25) is 0 Å². The van der Waals surface area contributed by atoms with E-state index in [1.54, 1.807) is 0 Å². The highest BCUT2D eigenvalue weighted by Crippen LogP contribution is 2.31. The first-order valence-corrected chi connectivity index (χ1v) is 10.4. The van der Waals surface area contributed by atoms with Gasteiger partial charge < -0.3 is 4.74 Å². The van der Waals surface area contributed by atoms with E-state index in [4.69, 9.17) is 11.2 Å². The van der Waals surface area contributed by atoms with Gasteiger partial charge in [-0.25, -0.2) is 0 Å². The number of rotatable bonds is 4. The average molecular weight is 490 g/mol. The third-order valence-corrected chi connectivity index (χ3v) is 4.87. The average Bonchev–Trinajstić information content (AvgIpc) is 2.72. The predicted octanol–water partition coefficient (Wildman–Crippen LogP) is 5.43. The molecule has 0 fully saturated rings. The zero-order valence-corrected chi connectivity index (χ0v) is 18.3. The summed E-state index contributed by atoms with van der Waals surface area (Å²) in [5.74, 6) is 20.4. The van der Waals surface area contributed by atoms with E-state index in [2.05, 4.69) is 110 Å². The van der Waals surface area contributed by atoms with Crippen LogP contribution in [0.3, 0.4) is 0 Å². The Morgan fingerprint density at radius 3 is 2.21 bits per heavy atom. The third kappa shape index (κ3) is 6.31. The first-order valence-electron chi connectivity index (χ1n) is 8.16. The fourth-order valence-electron chi connectivity index (χ4n) is 2.37. The molecule has 2 rings (SSSR count). The molecule has 0 saturated heterocycles. The van der Waals surface area contributed by atoms with Crippen molar-refractivity contribution in [3.05, 3.63) is 53.1 Å². The Morgan fingerprint density at radius 1 is 0.857 bits per heavy atom. The summed E-state index contributed by atoms with van der Waals surface area (Å²) in [5.41, 5.74) is 5.98. The molecule has 0 N–H and O–H groups in total. The SMILES string of the molecule is C#CC#CC#CC#CC#COc1cccc(-c2cc(CBr)c(C)cc2CBr)c1. The highest BCUT2D eigenvalue weighted by Gasteiger charge is 2.09. The van der Waals surface area contributed by atoms with E-state index in [-0.39, 0.29) is 0 Å². The van der Waals surface area contributed by atoms with Crippen LogP contribution in [0.2, 0.25) is 0 Å². The first kappa shape index (κ1) is 21.3. The minimum atomic E-state index is 0.652. The summed E-state index contributed by atoms with van der Waals surface area (Å²) in [6.45, 7) is 2.12. The predicted molar refractivity (Wildman–Crippen MR) is 122 cm³/mol. The van der Waals surface area contributed by atoms with Gasteiger partial charge in [0.05, 0.1) is 0 Å². The number of terminal acetylenes is 1. The van der Waals surface area contributed by atoms with Gasteiger partial charge >= 0.3 is 0 Å². The largest absolute Gasteiger partial charge is 0.407 e. The van der Waals surface area contributed by atoms with E-state index in [0.717, 1.165) is 16.2 Å². The van der Waals surface area contributed by atoms with Crippen molar-refractivity contribution >= 4 is 31.9 Å². The lowest BCUT2D eigenvalue weighted by Crippen LogP contribution is -1.93. The first-order chi connectivity index (χ1) is 13.7. The minimum absolute atomic E-state index is 0.652. The Bertz CT molecular complexity index is 1150. The Hall–Kier alpha value is -3.00. The smallest absolute Gasteiger partial charge is 0.140 e. The highest BCUT2D eigenvalue weighted by molar-refractivity contribution is 9.08. The van der Waals surface area contributed by atoms with Gasteiger partial charge in [-0.1, -0.05) is 50.1 Å². The van der Waals surface area contributed by atoms with E-state index in [9.17, 15) is 0 Å². The summed E-state index contributed by atoms with van der Waals surface area (Å²) in [6.07, 6.45) is 7.54. The standard InChI is InChI=1S/C25H14Br2O/c1-3-4-5-6-7-8-9-10-14-28-24-13-11-12-21(16-24)25-17-22(18-26)20(2)15-23(25)19-27/h1,11-13,15-17H,18-19H2,2H3. The molecule has 0 aliphatic heterocycles. The topological polar surface area (TPSA) is 9.23 Å². The molecule has 2 aromatic carbocycles. The molecule has 134 valence electrons. The van der Waals surface area contributed by atoms with Gasteiger partial charge in [-0.2, -0.15) is 0 Å². The zero-order valence-electron chi connectivity index (χ0n) is 15.1. The summed E-state index contributed by atoms with van der Waals surface area (Å²) in [5, 5.41) is 1.59. The molecule has 0 aromatic heterocycles. The molecule has 0 amide bonds. The minimum Gasteiger partial charge on any atom is -0.407 e. The molecule has 1 nitrogen and oxygen atoms in total. The van der Waals surface area contributed by atoms with Crippen LogP contribution in [0.15, 0.2) is 36.4 Å². The van der Waals surface area contributed by atoms with Crippen LogP contribution in [-0.4, -0.2) is 0 Å². The molecule has 28 heavy (non-hydrogen) atoms. The van der Waals surface area contributed by atoms with Crippen molar-refractivity contribution < 1.29 is 4.74 Å². The third-order valence-electron chi connectivity index (χ3n) is 3.66. The van der Waals surface area contributed by atoms with Crippen LogP contribution in [0.4, 0.5) is 0 Å². The number of hydrogen-bond acceptors (Lipinski definition) is 1. The Kier molecular flexibility index (Phi) is 8.87. The summed E-state index contributed by atoms with van der Waals surface area (Å²) in [6, 6.07) is 12.2. The quantitative estimate of drug-likeness (QED) is 0.410. The molecule has 0 heterocycles. The van der Waals surface area contributed by atoms with Crippen LogP contribution < -0.4 is 4.74 Å². The van der Waals surface area contributed by atoms with Crippen molar-refractivity contribution in [1.82, 2.24) is 0 Å². The number of hydrogen-bond donors (Lipinski definition) is 0. The Labute approximate surface area is 183 Å². The maximum absolute atomic E-state index is 5.48. The van der Waals surface area contributed by atoms with Crippen LogP contribution in [0.5, 0.6) is 5.75 Å². The van der Waals surface area contributed by atoms with Crippen LogP contribution in [0, 0.1) is 66.8 Å². The monoisotopic (exact) mass is 488 g/mol. The lowest BCUT2D eigenvalue weighted by molar-refractivity contribution is 0.520. The van der Waals surface area contributed by atoms with Crippen molar-refractivity contribution in [2.24, 2.45) is 0 Å². The van der Waals surface area contributed by atoms with E-state index < -0.39 is 0 Å². The fraction of sp³-hybridized carbons (Fsp3) is 0.120. The summed E-state index contributed by atoms with van der Waals surface area (Å²) >= 11 is 7.14. The van der Waals surface area contributed by atoms with Gasteiger partial charge in [0.1, 0.15) is 11.9 Å². The maximum atomic E-state index is 5.48. The van der Waals surface area contributed by atoms with Crippen molar-refractivity contribution in [2.45, 2.75) is 17.6 Å².